The molecule has 2 atom stereocenters. The first kappa shape index (κ1) is 17.5. The third-order valence-electron chi connectivity index (χ3n) is 4.33. The van der Waals surface area contributed by atoms with Gasteiger partial charge in [-0.05, 0) is 29.4 Å². The highest BCUT2D eigenvalue weighted by Gasteiger charge is 2.21. The number of aliphatic hydroxyl groups is 1. The summed E-state index contributed by atoms with van der Waals surface area (Å²) in [6, 6.07) is 6.00. The standard InChI is InChI=1S/C19H28N2O2/c1-12(2)16-6-5-7-17(13(3)4)18(16)21-19(23)20-15-9-8-14(10-15)11-22/h5-9,12-15,22H,10-11H2,1-4H3,(H2,20,21,23)/t14-,15+/m0/s1. The van der Waals surface area contributed by atoms with E-state index in [4.69, 9.17) is 5.11 Å². The van der Waals surface area contributed by atoms with Gasteiger partial charge in [-0.25, -0.2) is 4.79 Å². The Bertz CT molecular complexity index is 552. The molecule has 0 fully saturated rings. The van der Waals surface area contributed by atoms with Gasteiger partial charge in [0.1, 0.15) is 0 Å². The molecular formula is C19H28N2O2. The summed E-state index contributed by atoms with van der Waals surface area (Å²) in [5.74, 6) is 0.831. The van der Waals surface area contributed by atoms with Crippen LogP contribution in [0.2, 0.25) is 0 Å². The number of hydrogen-bond donors (Lipinski definition) is 3. The monoisotopic (exact) mass is 316 g/mol. The molecule has 0 aliphatic heterocycles. The summed E-state index contributed by atoms with van der Waals surface area (Å²) in [7, 11) is 0. The summed E-state index contributed by atoms with van der Waals surface area (Å²) in [5.41, 5.74) is 3.23. The first-order chi connectivity index (χ1) is 10.9. The largest absolute Gasteiger partial charge is 0.396 e. The minimum atomic E-state index is -0.187. The second-order valence-electron chi connectivity index (χ2n) is 6.89. The predicted octanol–water partition coefficient (Wildman–Crippen LogP) is 3.99. The second kappa shape index (κ2) is 7.64. The van der Waals surface area contributed by atoms with Crippen LogP contribution in [-0.2, 0) is 0 Å². The molecule has 0 bridgehead atoms. The van der Waals surface area contributed by atoms with Gasteiger partial charge in [-0.1, -0.05) is 58.0 Å². The maximum Gasteiger partial charge on any atom is 0.319 e. The van der Waals surface area contributed by atoms with Crippen molar-refractivity contribution in [3.8, 4) is 0 Å². The normalized spacial score (nSPS) is 20.3. The quantitative estimate of drug-likeness (QED) is 0.719. The molecule has 4 heteroatoms. The Hall–Kier alpha value is -1.81. The number of aliphatic hydroxyl groups excluding tert-OH is 1. The van der Waals surface area contributed by atoms with Crippen molar-refractivity contribution in [2.75, 3.05) is 11.9 Å². The lowest BCUT2D eigenvalue weighted by atomic mass is 9.93. The lowest BCUT2D eigenvalue weighted by molar-refractivity contribution is 0.238. The molecule has 0 saturated heterocycles. The highest BCUT2D eigenvalue weighted by molar-refractivity contribution is 5.91. The number of hydrogen-bond acceptors (Lipinski definition) is 2. The van der Waals surface area contributed by atoms with Gasteiger partial charge in [-0.15, -0.1) is 0 Å². The minimum absolute atomic E-state index is 0.0131. The van der Waals surface area contributed by atoms with Gasteiger partial charge >= 0.3 is 6.03 Å². The number of carbonyl (C=O) groups is 1. The number of urea groups is 1. The molecule has 2 amide bonds. The molecule has 1 aliphatic carbocycles. The number of nitrogens with one attached hydrogen (secondary N) is 2. The number of benzene rings is 1. The molecular weight excluding hydrogens is 288 g/mol. The fourth-order valence-electron chi connectivity index (χ4n) is 3.03. The number of carbonyl (C=O) groups excluding carboxylic acids is 1. The van der Waals surface area contributed by atoms with Gasteiger partial charge in [0, 0.05) is 24.3 Å². The molecule has 3 N–H and O–H groups in total. The van der Waals surface area contributed by atoms with Crippen LogP contribution in [0.1, 0.15) is 57.1 Å². The first-order valence-electron chi connectivity index (χ1n) is 8.41. The van der Waals surface area contributed by atoms with Crippen LogP contribution in [-0.4, -0.2) is 23.8 Å². The fourth-order valence-corrected chi connectivity index (χ4v) is 3.03. The van der Waals surface area contributed by atoms with E-state index in [-0.39, 0.29) is 24.6 Å². The van der Waals surface area contributed by atoms with Gasteiger partial charge in [-0.3, -0.25) is 0 Å². The number of anilines is 1. The lowest BCUT2D eigenvalue weighted by Gasteiger charge is -2.21. The van der Waals surface area contributed by atoms with Crippen LogP contribution in [0.3, 0.4) is 0 Å². The van der Waals surface area contributed by atoms with Crippen molar-refractivity contribution < 1.29 is 9.90 Å². The zero-order valence-electron chi connectivity index (χ0n) is 14.5. The molecule has 1 aromatic rings. The molecule has 2 rings (SSSR count). The molecule has 0 heterocycles. The summed E-state index contributed by atoms with van der Waals surface area (Å²) in [6.07, 6.45) is 4.68. The Morgan fingerprint density at radius 1 is 1.17 bits per heavy atom. The topological polar surface area (TPSA) is 61.4 Å². The van der Waals surface area contributed by atoms with E-state index < -0.39 is 0 Å². The zero-order valence-corrected chi connectivity index (χ0v) is 14.5. The van der Waals surface area contributed by atoms with Crippen molar-refractivity contribution in [2.24, 2.45) is 5.92 Å². The highest BCUT2D eigenvalue weighted by atomic mass is 16.3. The van der Waals surface area contributed by atoms with E-state index in [1.165, 1.54) is 0 Å². The van der Waals surface area contributed by atoms with Gasteiger partial charge in [0.05, 0.1) is 0 Å². The van der Waals surface area contributed by atoms with Crippen LogP contribution >= 0.6 is 0 Å². The van der Waals surface area contributed by atoms with Crippen LogP contribution in [0.25, 0.3) is 0 Å². The van der Waals surface area contributed by atoms with E-state index in [0.29, 0.717) is 11.8 Å². The van der Waals surface area contributed by atoms with Gasteiger partial charge < -0.3 is 15.7 Å². The van der Waals surface area contributed by atoms with Crippen molar-refractivity contribution in [3.05, 3.63) is 41.5 Å². The summed E-state index contributed by atoms with van der Waals surface area (Å²) in [4.78, 5) is 12.4. The van der Waals surface area contributed by atoms with Gasteiger partial charge in [-0.2, -0.15) is 0 Å². The molecule has 1 aromatic carbocycles. The molecule has 126 valence electrons. The van der Waals surface area contributed by atoms with Crippen LogP contribution in [0, 0.1) is 5.92 Å². The minimum Gasteiger partial charge on any atom is -0.396 e. The molecule has 0 saturated carbocycles. The fraction of sp³-hybridized carbons (Fsp3) is 0.526. The van der Waals surface area contributed by atoms with Crippen LogP contribution in [0.4, 0.5) is 10.5 Å². The molecule has 0 radical (unpaired) electrons. The number of rotatable bonds is 5. The van der Waals surface area contributed by atoms with Crippen molar-refractivity contribution in [1.29, 1.82) is 0 Å². The number of para-hydroxylation sites is 1. The SMILES string of the molecule is CC(C)c1cccc(C(C)C)c1NC(=O)N[C@@H]1C=C[C@H](CO)C1. The van der Waals surface area contributed by atoms with Crippen molar-refractivity contribution in [3.63, 3.8) is 0 Å². The summed E-state index contributed by atoms with van der Waals surface area (Å²) in [6.45, 7) is 8.66. The molecule has 23 heavy (non-hydrogen) atoms. The second-order valence-corrected chi connectivity index (χ2v) is 6.89. The molecule has 4 nitrogen and oxygen atoms in total. The zero-order chi connectivity index (χ0) is 17.0. The van der Waals surface area contributed by atoms with E-state index in [2.05, 4.69) is 56.5 Å². The summed E-state index contributed by atoms with van der Waals surface area (Å²) < 4.78 is 0. The van der Waals surface area contributed by atoms with Gasteiger partial charge in [0.25, 0.3) is 0 Å². The van der Waals surface area contributed by atoms with E-state index in [0.717, 1.165) is 23.2 Å². The Balaban J connectivity index is 2.12. The lowest BCUT2D eigenvalue weighted by Crippen LogP contribution is -2.36. The average Bonchev–Trinajstić information content (AvgIpc) is 2.94. The molecule has 1 aliphatic rings. The third-order valence-corrected chi connectivity index (χ3v) is 4.33. The molecule has 0 unspecified atom stereocenters. The molecule has 0 spiro atoms. The van der Waals surface area contributed by atoms with Gasteiger partial charge in [0.2, 0.25) is 0 Å². The van der Waals surface area contributed by atoms with E-state index in [1.807, 2.05) is 12.2 Å². The van der Waals surface area contributed by atoms with Crippen molar-refractivity contribution in [1.82, 2.24) is 5.32 Å². The first-order valence-corrected chi connectivity index (χ1v) is 8.41. The maximum absolute atomic E-state index is 12.4. The smallest absolute Gasteiger partial charge is 0.319 e. The van der Waals surface area contributed by atoms with Crippen LogP contribution in [0.5, 0.6) is 0 Å². The van der Waals surface area contributed by atoms with E-state index in [1.54, 1.807) is 0 Å². The Morgan fingerprint density at radius 3 is 2.26 bits per heavy atom. The summed E-state index contributed by atoms with van der Waals surface area (Å²) in [5, 5.41) is 15.2. The average molecular weight is 316 g/mol. The molecule has 0 aromatic heterocycles. The highest BCUT2D eigenvalue weighted by Crippen LogP contribution is 2.32. The third kappa shape index (κ3) is 4.35. The predicted molar refractivity (Wildman–Crippen MR) is 94.9 cm³/mol. The Labute approximate surface area is 139 Å². The van der Waals surface area contributed by atoms with Crippen molar-refractivity contribution >= 4 is 11.7 Å². The van der Waals surface area contributed by atoms with E-state index in [9.17, 15) is 4.79 Å². The van der Waals surface area contributed by atoms with E-state index >= 15 is 0 Å². The Morgan fingerprint density at radius 2 is 1.78 bits per heavy atom. The summed E-state index contributed by atoms with van der Waals surface area (Å²) >= 11 is 0. The van der Waals surface area contributed by atoms with Crippen LogP contribution in [0.15, 0.2) is 30.4 Å². The van der Waals surface area contributed by atoms with Crippen LogP contribution < -0.4 is 10.6 Å². The Kier molecular flexibility index (Phi) is 5.83. The van der Waals surface area contributed by atoms with Gasteiger partial charge in [0.15, 0.2) is 0 Å². The number of amides is 2. The van der Waals surface area contributed by atoms with Crippen molar-refractivity contribution in [2.45, 2.75) is 52.0 Å². The maximum atomic E-state index is 12.4.